The number of sulfonamides is 1. The first-order valence-electron chi connectivity index (χ1n) is 3.51. The molecule has 0 aliphatic heterocycles. The lowest BCUT2D eigenvalue weighted by atomic mass is 10.4. The zero-order valence-electron chi connectivity index (χ0n) is 7.03. The molecule has 0 saturated heterocycles. The molecule has 0 radical (unpaired) electrons. The number of rotatable bonds is 2. The van der Waals surface area contributed by atoms with Crippen LogP contribution in [0.15, 0.2) is 23.1 Å². The minimum Gasteiger partial charge on any atom is -0.529 e. The van der Waals surface area contributed by atoms with Gasteiger partial charge in [-0.2, -0.15) is 0 Å². The molecule has 15 heavy (non-hydrogen) atoms. The van der Waals surface area contributed by atoms with Gasteiger partial charge in [-0.15, -0.1) is 0 Å². The predicted molar refractivity (Wildman–Crippen MR) is 67.6 cm³/mol. The van der Waals surface area contributed by atoms with Gasteiger partial charge in [0.05, 0.1) is 4.90 Å². The van der Waals surface area contributed by atoms with Gasteiger partial charge in [0.15, 0.2) is 0 Å². The van der Waals surface area contributed by atoms with Gasteiger partial charge in [0, 0.05) is 7.14 Å². The van der Waals surface area contributed by atoms with Crippen molar-refractivity contribution >= 4 is 61.3 Å². The van der Waals surface area contributed by atoms with E-state index in [1.54, 1.807) is 6.07 Å². The van der Waals surface area contributed by atoms with Crippen LogP contribution in [0.4, 0.5) is 4.79 Å². The molecule has 1 N–H and O–H groups in total. The number of benzene rings is 1. The van der Waals surface area contributed by atoms with Crippen molar-refractivity contribution in [3.05, 3.63) is 25.3 Å². The Hall–Kier alpha value is -0.100. The molecule has 0 fully saturated rings. The monoisotopic (exact) mass is 452 g/mol. The number of nitrogens with one attached hydrogen (secondary N) is 1. The first-order valence-corrected chi connectivity index (χ1v) is 7.15. The van der Waals surface area contributed by atoms with E-state index in [4.69, 9.17) is 0 Å². The molecule has 0 spiro atoms. The summed E-state index contributed by atoms with van der Waals surface area (Å²) in [5.74, 6) is 0. The van der Waals surface area contributed by atoms with Crippen molar-refractivity contribution < 1.29 is 18.3 Å². The number of halogens is 2. The molecular weight excluding hydrogens is 448 g/mol. The minimum atomic E-state index is -4.03. The largest absolute Gasteiger partial charge is 0.529 e. The normalized spacial score (nSPS) is 11.1. The molecule has 0 atom stereocenters. The molecule has 0 saturated carbocycles. The highest BCUT2D eigenvalue weighted by atomic mass is 127. The highest BCUT2D eigenvalue weighted by molar-refractivity contribution is 14.1. The summed E-state index contributed by atoms with van der Waals surface area (Å²) in [6.07, 6.45) is -1.84. The number of carbonyl (C=O) groups is 1. The van der Waals surface area contributed by atoms with Crippen molar-refractivity contribution in [1.29, 1.82) is 0 Å². The molecule has 1 rings (SSSR count). The first kappa shape index (κ1) is 13.0. The standard InChI is InChI=1S/C7H5I2NO4S/c8-4-1-5(9)3-6(2-4)15(13,14)10-7(11)12/h1-3,10H,(H,11,12)/p-1. The molecule has 0 unspecified atom stereocenters. The van der Waals surface area contributed by atoms with Crippen LogP contribution in [0.1, 0.15) is 0 Å². The van der Waals surface area contributed by atoms with Crippen LogP contribution in [-0.4, -0.2) is 14.5 Å². The SMILES string of the molecule is O=C([O-])NS(=O)(=O)c1cc(I)cc(I)c1. The van der Waals surface area contributed by atoms with Crippen LogP contribution in [0.5, 0.6) is 0 Å². The maximum absolute atomic E-state index is 11.4. The second kappa shape index (κ2) is 4.82. The van der Waals surface area contributed by atoms with E-state index in [0.29, 0.717) is 7.14 Å². The van der Waals surface area contributed by atoms with Crippen LogP contribution >= 0.6 is 45.2 Å². The molecule has 8 heteroatoms. The van der Waals surface area contributed by atoms with Crippen LogP contribution in [0.2, 0.25) is 0 Å². The quantitative estimate of drug-likeness (QED) is 0.664. The highest BCUT2D eigenvalue weighted by Crippen LogP contribution is 2.17. The summed E-state index contributed by atoms with van der Waals surface area (Å²) in [5, 5.41) is 10.2. The predicted octanol–water partition coefficient (Wildman–Crippen LogP) is 0.517. The molecule has 0 aromatic heterocycles. The van der Waals surface area contributed by atoms with Gasteiger partial charge in [0.1, 0.15) is 6.09 Å². The van der Waals surface area contributed by atoms with Gasteiger partial charge >= 0.3 is 0 Å². The summed E-state index contributed by atoms with van der Waals surface area (Å²) < 4.78 is 25.6. The molecule has 0 aliphatic carbocycles. The Morgan fingerprint density at radius 1 is 1.20 bits per heavy atom. The molecule has 0 aliphatic rings. The highest BCUT2D eigenvalue weighted by Gasteiger charge is 2.14. The van der Waals surface area contributed by atoms with Gasteiger partial charge in [-0.25, -0.2) is 8.42 Å². The van der Waals surface area contributed by atoms with Gasteiger partial charge in [-0.05, 0) is 63.4 Å². The summed E-state index contributed by atoms with van der Waals surface area (Å²) in [6, 6.07) is 4.50. The third kappa shape index (κ3) is 3.75. The molecular formula is C7H4I2NO4S-. The third-order valence-electron chi connectivity index (χ3n) is 1.36. The number of amides is 1. The minimum absolute atomic E-state index is 0.0944. The first-order chi connectivity index (χ1) is 6.81. The van der Waals surface area contributed by atoms with Gasteiger partial charge in [-0.1, -0.05) is 0 Å². The Bertz CT molecular complexity index is 479. The fourth-order valence-corrected chi connectivity index (χ4v) is 4.11. The summed E-state index contributed by atoms with van der Waals surface area (Å²) in [7, 11) is -4.03. The molecule has 0 heterocycles. The smallest absolute Gasteiger partial charge is 0.262 e. The average Bonchev–Trinajstić information content (AvgIpc) is 1.99. The average molecular weight is 452 g/mol. The molecule has 82 valence electrons. The second-order valence-corrected chi connectivity index (χ2v) is 6.67. The summed E-state index contributed by atoms with van der Waals surface area (Å²) in [6.45, 7) is 0. The van der Waals surface area contributed by atoms with Crippen molar-refractivity contribution in [3.63, 3.8) is 0 Å². The van der Waals surface area contributed by atoms with Crippen molar-refractivity contribution in [2.45, 2.75) is 4.90 Å². The number of hydrogen-bond donors (Lipinski definition) is 1. The van der Waals surface area contributed by atoms with Crippen molar-refractivity contribution in [2.75, 3.05) is 0 Å². The molecule has 1 aromatic carbocycles. The third-order valence-corrected chi connectivity index (χ3v) is 3.90. The zero-order chi connectivity index (χ0) is 11.6. The number of hydrogen-bond acceptors (Lipinski definition) is 4. The van der Waals surface area contributed by atoms with E-state index >= 15 is 0 Å². The lowest BCUT2D eigenvalue weighted by molar-refractivity contribution is -0.247. The Morgan fingerprint density at radius 2 is 1.67 bits per heavy atom. The Kier molecular flexibility index (Phi) is 4.17. The van der Waals surface area contributed by atoms with E-state index in [1.807, 2.05) is 45.2 Å². The summed E-state index contributed by atoms with van der Waals surface area (Å²) >= 11 is 3.89. The lowest BCUT2D eigenvalue weighted by Crippen LogP contribution is -2.40. The Labute approximate surface area is 114 Å². The topological polar surface area (TPSA) is 86.3 Å². The summed E-state index contributed by atoms with van der Waals surface area (Å²) in [4.78, 5) is 10.1. The zero-order valence-corrected chi connectivity index (χ0v) is 12.2. The van der Waals surface area contributed by atoms with E-state index in [1.165, 1.54) is 16.9 Å². The number of carbonyl (C=O) groups excluding carboxylic acids is 1. The molecule has 0 bridgehead atoms. The van der Waals surface area contributed by atoms with Gasteiger partial charge in [0.2, 0.25) is 0 Å². The van der Waals surface area contributed by atoms with Crippen LogP contribution in [0.25, 0.3) is 0 Å². The Morgan fingerprint density at radius 3 is 2.07 bits per heavy atom. The van der Waals surface area contributed by atoms with Crippen LogP contribution in [0.3, 0.4) is 0 Å². The fourth-order valence-electron chi connectivity index (χ4n) is 0.852. The van der Waals surface area contributed by atoms with E-state index in [9.17, 15) is 18.3 Å². The van der Waals surface area contributed by atoms with E-state index in [2.05, 4.69) is 0 Å². The van der Waals surface area contributed by atoms with Crippen molar-refractivity contribution in [3.8, 4) is 0 Å². The summed E-state index contributed by atoms with van der Waals surface area (Å²) in [5.41, 5.74) is 0. The van der Waals surface area contributed by atoms with E-state index in [0.717, 1.165) is 0 Å². The van der Waals surface area contributed by atoms with Crippen LogP contribution in [0, 0.1) is 7.14 Å². The molecule has 1 amide bonds. The lowest BCUT2D eigenvalue weighted by Gasteiger charge is -2.08. The fraction of sp³-hybridized carbons (Fsp3) is 0. The Balaban J connectivity index is 3.21. The second-order valence-electron chi connectivity index (χ2n) is 2.50. The molecule has 5 nitrogen and oxygen atoms in total. The molecule has 1 aromatic rings. The van der Waals surface area contributed by atoms with E-state index in [-0.39, 0.29) is 4.90 Å². The van der Waals surface area contributed by atoms with Gasteiger partial charge in [0.25, 0.3) is 10.0 Å². The van der Waals surface area contributed by atoms with Gasteiger partial charge < -0.3 is 9.90 Å². The maximum Gasteiger partial charge on any atom is 0.262 e. The maximum atomic E-state index is 11.4. The van der Waals surface area contributed by atoms with Crippen molar-refractivity contribution in [2.24, 2.45) is 0 Å². The number of carboxylic acid groups (broad SMARTS) is 1. The van der Waals surface area contributed by atoms with Gasteiger partial charge in [-0.3, -0.25) is 4.72 Å². The van der Waals surface area contributed by atoms with E-state index < -0.39 is 16.1 Å². The van der Waals surface area contributed by atoms with Crippen molar-refractivity contribution in [1.82, 2.24) is 4.72 Å². The van der Waals surface area contributed by atoms with Crippen LogP contribution in [-0.2, 0) is 10.0 Å². The van der Waals surface area contributed by atoms with Crippen LogP contribution < -0.4 is 9.83 Å².